The maximum atomic E-state index is 9.32. The average Bonchev–Trinajstić information content (AvgIpc) is 2.26. The second kappa shape index (κ2) is 8.05. The van der Waals surface area contributed by atoms with E-state index in [9.17, 15) is 5.11 Å². The van der Waals surface area contributed by atoms with Crippen LogP contribution in [0.2, 0.25) is 0 Å². The van der Waals surface area contributed by atoms with Gasteiger partial charge in [-0.3, -0.25) is 0 Å². The Kier molecular flexibility index (Phi) is 6.92. The molecule has 1 saturated heterocycles. The van der Waals surface area contributed by atoms with Gasteiger partial charge in [0.1, 0.15) is 6.10 Å². The van der Waals surface area contributed by atoms with E-state index >= 15 is 0 Å². The quantitative estimate of drug-likeness (QED) is 0.611. The van der Waals surface area contributed by atoms with Gasteiger partial charge in [-0.2, -0.15) is 0 Å². The average molecular weight is 217 g/mol. The van der Waals surface area contributed by atoms with Crippen molar-refractivity contribution in [1.29, 1.82) is 0 Å². The molecular weight excluding hydrogens is 194 g/mol. The molecule has 1 rings (SSSR count). The lowest BCUT2D eigenvalue weighted by molar-refractivity contribution is -0.00830. The molecule has 90 valence electrons. The van der Waals surface area contributed by atoms with Gasteiger partial charge in [0.2, 0.25) is 0 Å². The lowest BCUT2D eigenvalue weighted by atomic mass is 10.0. The van der Waals surface area contributed by atoms with Gasteiger partial charge in [0.05, 0.1) is 13.2 Å². The summed E-state index contributed by atoms with van der Waals surface area (Å²) in [4.78, 5) is 0. The van der Waals surface area contributed by atoms with Crippen LogP contribution in [0.15, 0.2) is 0 Å². The first kappa shape index (κ1) is 12.9. The Bertz CT molecular complexity index is 149. The van der Waals surface area contributed by atoms with Crippen LogP contribution in [0.4, 0.5) is 0 Å². The first-order chi connectivity index (χ1) is 7.33. The highest BCUT2D eigenvalue weighted by Crippen LogP contribution is 2.09. The van der Waals surface area contributed by atoms with Crippen LogP contribution >= 0.6 is 0 Å². The molecule has 1 heterocycles. The fourth-order valence-electron chi connectivity index (χ4n) is 1.86. The smallest absolute Gasteiger partial charge is 0.101 e. The molecule has 0 aliphatic carbocycles. The second-order valence-electron chi connectivity index (χ2n) is 4.12. The Balaban J connectivity index is 1.91. The zero-order valence-corrected chi connectivity index (χ0v) is 9.58. The Morgan fingerprint density at radius 2 is 2.27 bits per heavy atom. The number of hydrogen-bond acceptors (Lipinski definition) is 4. The lowest BCUT2D eigenvalue weighted by Gasteiger charge is -2.23. The molecular formula is C11H23NO3. The second-order valence-corrected chi connectivity index (χ2v) is 4.12. The highest BCUT2D eigenvalue weighted by molar-refractivity contribution is 4.71. The first-order valence-corrected chi connectivity index (χ1v) is 5.81. The van der Waals surface area contributed by atoms with Gasteiger partial charge in [-0.05, 0) is 25.8 Å². The highest BCUT2D eigenvalue weighted by atomic mass is 16.5. The van der Waals surface area contributed by atoms with Crippen molar-refractivity contribution in [3.63, 3.8) is 0 Å². The summed E-state index contributed by atoms with van der Waals surface area (Å²) in [5, 5.41) is 12.8. The van der Waals surface area contributed by atoms with E-state index in [0.717, 1.165) is 19.6 Å². The molecule has 2 unspecified atom stereocenters. The zero-order chi connectivity index (χ0) is 10.9. The summed E-state index contributed by atoms with van der Waals surface area (Å²) in [7, 11) is 1.58. The molecule has 15 heavy (non-hydrogen) atoms. The number of piperidine rings is 1. The molecule has 0 radical (unpaired) electrons. The molecule has 2 atom stereocenters. The van der Waals surface area contributed by atoms with Gasteiger partial charge in [-0.1, -0.05) is 6.42 Å². The summed E-state index contributed by atoms with van der Waals surface area (Å²) in [6.07, 6.45) is 4.42. The third-order valence-electron chi connectivity index (χ3n) is 2.69. The molecule has 0 aromatic heterocycles. The van der Waals surface area contributed by atoms with Crippen LogP contribution in [0.1, 0.15) is 25.7 Å². The molecule has 0 saturated carbocycles. The minimum atomic E-state index is -0.491. The number of aliphatic hydroxyl groups is 1. The van der Waals surface area contributed by atoms with Crippen LogP contribution < -0.4 is 5.32 Å². The van der Waals surface area contributed by atoms with Crippen LogP contribution in [-0.4, -0.2) is 50.7 Å². The van der Waals surface area contributed by atoms with Crippen molar-refractivity contribution in [2.24, 2.45) is 0 Å². The van der Waals surface area contributed by atoms with E-state index in [1.54, 1.807) is 7.11 Å². The van der Waals surface area contributed by atoms with Crippen LogP contribution in [0, 0.1) is 0 Å². The summed E-state index contributed by atoms with van der Waals surface area (Å²) in [5.41, 5.74) is 0. The Morgan fingerprint density at radius 1 is 1.40 bits per heavy atom. The van der Waals surface area contributed by atoms with E-state index in [4.69, 9.17) is 9.47 Å². The Hall–Kier alpha value is -0.160. The summed E-state index contributed by atoms with van der Waals surface area (Å²) >= 11 is 0. The number of ether oxygens (including phenoxy) is 2. The van der Waals surface area contributed by atoms with E-state index < -0.39 is 6.10 Å². The van der Waals surface area contributed by atoms with Gasteiger partial charge in [-0.25, -0.2) is 0 Å². The fourth-order valence-corrected chi connectivity index (χ4v) is 1.86. The van der Waals surface area contributed by atoms with Gasteiger partial charge in [0.15, 0.2) is 0 Å². The number of aliphatic hydroxyl groups excluding tert-OH is 1. The molecule has 1 fully saturated rings. The monoisotopic (exact) mass is 217 g/mol. The molecule has 2 N–H and O–H groups in total. The highest BCUT2D eigenvalue weighted by Gasteiger charge is 2.12. The SMILES string of the molecule is COCC(O)COCCC1CCCCN1. The lowest BCUT2D eigenvalue weighted by Crippen LogP contribution is -2.35. The van der Waals surface area contributed by atoms with E-state index in [1.165, 1.54) is 19.3 Å². The fraction of sp³-hybridized carbons (Fsp3) is 1.00. The minimum absolute atomic E-state index is 0.349. The molecule has 4 nitrogen and oxygen atoms in total. The summed E-state index contributed by atoms with van der Waals surface area (Å²) in [5.74, 6) is 0. The standard InChI is InChI=1S/C11H23NO3/c1-14-8-11(13)9-15-7-5-10-4-2-3-6-12-10/h10-13H,2-9H2,1H3. The van der Waals surface area contributed by atoms with Crippen LogP contribution in [0.5, 0.6) is 0 Å². The summed E-state index contributed by atoms with van der Waals surface area (Å²) in [6.45, 7) is 2.58. The van der Waals surface area contributed by atoms with Crippen molar-refractivity contribution in [2.75, 3.05) is 33.5 Å². The van der Waals surface area contributed by atoms with Crippen molar-refractivity contribution in [1.82, 2.24) is 5.32 Å². The molecule has 0 spiro atoms. The molecule has 4 heteroatoms. The van der Waals surface area contributed by atoms with E-state index in [-0.39, 0.29) is 0 Å². The summed E-state index contributed by atoms with van der Waals surface area (Å²) < 4.78 is 10.2. The topological polar surface area (TPSA) is 50.7 Å². The molecule has 1 aliphatic rings. The number of rotatable bonds is 7. The van der Waals surface area contributed by atoms with Crippen LogP contribution in [0.25, 0.3) is 0 Å². The van der Waals surface area contributed by atoms with Gasteiger partial charge >= 0.3 is 0 Å². The molecule has 0 bridgehead atoms. The van der Waals surface area contributed by atoms with E-state index in [2.05, 4.69) is 5.32 Å². The maximum absolute atomic E-state index is 9.32. The molecule has 1 aliphatic heterocycles. The Labute approximate surface area is 92.0 Å². The van der Waals surface area contributed by atoms with Crippen LogP contribution in [-0.2, 0) is 9.47 Å². The van der Waals surface area contributed by atoms with Gasteiger partial charge in [-0.15, -0.1) is 0 Å². The van der Waals surface area contributed by atoms with E-state index in [1.807, 2.05) is 0 Å². The van der Waals surface area contributed by atoms with Gasteiger partial charge in [0.25, 0.3) is 0 Å². The molecule has 0 aromatic carbocycles. The third-order valence-corrected chi connectivity index (χ3v) is 2.69. The van der Waals surface area contributed by atoms with Crippen LogP contribution in [0.3, 0.4) is 0 Å². The number of methoxy groups -OCH3 is 1. The van der Waals surface area contributed by atoms with E-state index in [0.29, 0.717) is 19.3 Å². The van der Waals surface area contributed by atoms with Crippen molar-refractivity contribution >= 4 is 0 Å². The van der Waals surface area contributed by atoms with Gasteiger partial charge in [0, 0.05) is 19.8 Å². The number of hydrogen-bond donors (Lipinski definition) is 2. The first-order valence-electron chi connectivity index (χ1n) is 5.81. The van der Waals surface area contributed by atoms with Crippen molar-refractivity contribution in [2.45, 2.75) is 37.8 Å². The predicted octanol–water partition coefficient (Wildman–Crippen LogP) is 0.542. The zero-order valence-electron chi connectivity index (χ0n) is 9.58. The summed E-state index contributed by atoms with van der Waals surface area (Å²) in [6, 6.07) is 0.610. The Morgan fingerprint density at radius 3 is 2.93 bits per heavy atom. The molecule has 0 aromatic rings. The predicted molar refractivity (Wildman–Crippen MR) is 59.0 cm³/mol. The normalized spacial score (nSPS) is 24.0. The number of nitrogens with one attached hydrogen (secondary N) is 1. The molecule has 0 amide bonds. The van der Waals surface area contributed by atoms with Crippen molar-refractivity contribution in [3.8, 4) is 0 Å². The largest absolute Gasteiger partial charge is 0.388 e. The van der Waals surface area contributed by atoms with Gasteiger partial charge < -0.3 is 19.9 Å². The maximum Gasteiger partial charge on any atom is 0.101 e. The van der Waals surface area contributed by atoms with Crippen molar-refractivity contribution < 1.29 is 14.6 Å². The van der Waals surface area contributed by atoms with Crippen molar-refractivity contribution in [3.05, 3.63) is 0 Å². The minimum Gasteiger partial charge on any atom is -0.388 e. The third kappa shape index (κ3) is 6.10.